The van der Waals surface area contributed by atoms with Crippen molar-refractivity contribution in [3.63, 3.8) is 0 Å². The third kappa shape index (κ3) is 2.27. The number of phenols is 1. The van der Waals surface area contributed by atoms with Crippen LogP contribution in [0.3, 0.4) is 0 Å². The molecule has 0 unspecified atom stereocenters. The van der Waals surface area contributed by atoms with Gasteiger partial charge in [0, 0.05) is 7.05 Å². The molecule has 0 fully saturated rings. The molecule has 0 heterocycles. The van der Waals surface area contributed by atoms with Gasteiger partial charge in [0.1, 0.15) is 5.75 Å². The summed E-state index contributed by atoms with van der Waals surface area (Å²) >= 11 is 0. The van der Waals surface area contributed by atoms with E-state index in [9.17, 15) is 4.79 Å². The number of aromatic hydroxyl groups is 1. The fourth-order valence-corrected chi connectivity index (χ4v) is 0.862. The van der Waals surface area contributed by atoms with Gasteiger partial charge in [-0.25, -0.2) is 0 Å². The molecule has 0 aliphatic rings. The summed E-state index contributed by atoms with van der Waals surface area (Å²) in [5, 5.41) is 11.2. The molecular formula is C9H10NO2. The van der Waals surface area contributed by atoms with Crippen molar-refractivity contribution in [2.45, 2.75) is 6.42 Å². The van der Waals surface area contributed by atoms with E-state index in [1.807, 2.05) is 0 Å². The van der Waals surface area contributed by atoms with Crippen LogP contribution in [-0.4, -0.2) is 11.0 Å². The van der Waals surface area contributed by atoms with Crippen LogP contribution >= 0.6 is 0 Å². The standard InChI is InChI=1S/C9H10NO2/c1-10-9(12)6-7-2-4-8(11)5-3-7/h2-5,11H,1,6H2,(H,10,12). The Kier molecular flexibility index (Phi) is 2.69. The van der Waals surface area contributed by atoms with E-state index in [2.05, 4.69) is 12.4 Å². The van der Waals surface area contributed by atoms with Crippen LogP contribution in [0.15, 0.2) is 24.3 Å². The summed E-state index contributed by atoms with van der Waals surface area (Å²) in [7, 11) is 3.25. The number of benzene rings is 1. The molecule has 0 bridgehead atoms. The third-order valence-electron chi connectivity index (χ3n) is 1.50. The van der Waals surface area contributed by atoms with Crippen molar-refractivity contribution in [2.75, 3.05) is 0 Å². The maximum atomic E-state index is 10.8. The van der Waals surface area contributed by atoms with Crippen molar-refractivity contribution < 1.29 is 9.90 Å². The molecule has 1 rings (SSSR count). The summed E-state index contributed by atoms with van der Waals surface area (Å²) in [4.78, 5) is 10.8. The van der Waals surface area contributed by atoms with Crippen molar-refractivity contribution in [3.8, 4) is 5.75 Å². The predicted octanol–water partition coefficient (Wildman–Crippen LogP) is 0.842. The molecule has 1 aromatic rings. The number of hydrogen-bond donors (Lipinski definition) is 2. The van der Waals surface area contributed by atoms with Crippen LogP contribution in [0.25, 0.3) is 0 Å². The van der Waals surface area contributed by atoms with Gasteiger partial charge >= 0.3 is 0 Å². The van der Waals surface area contributed by atoms with E-state index in [0.29, 0.717) is 6.42 Å². The van der Waals surface area contributed by atoms with Gasteiger partial charge in [-0.2, -0.15) is 0 Å². The highest BCUT2D eigenvalue weighted by Crippen LogP contribution is 2.09. The van der Waals surface area contributed by atoms with E-state index in [-0.39, 0.29) is 11.7 Å². The molecule has 2 N–H and O–H groups in total. The van der Waals surface area contributed by atoms with E-state index in [1.165, 1.54) is 0 Å². The molecule has 0 aliphatic carbocycles. The summed E-state index contributed by atoms with van der Waals surface area (Å²) in [6, 6.07) is 6.49. The second kappa shape index (κ2) is 3.76. The van der Waals surface area contributed by atoms with Crippen molar-refractivity contribution in [1.29, 1.82) is 0 Å². The Morgan fingerprint density at radius 2 is 2.00 bits per heavy atom. The predicted molar refractivity (Wildman–Crippen MR) is 45.3 cm³/mol. The number of nitrogens with one attached hydrogen (secondary N) is 1. The second-order valence-corrected chi connectivity index (χ2v) is 2.44. The van der Waals surface area contributed by atoms with Crippen molar-refractivity contribution in [2.24, 2.45) is 0 Å². The number of phenolic OH excluding ortho intramolecular Hbond substituents is 1. The average Bonchev–Trinajstić information content (AvgIpc) is 2.09. The van der Waals surface area contributed by atoms with Gasteiger partial charge in [-0.15, -0.1) is 0 Å². The summed E-state index contributed by atoms with van der Waals surface area (Å²) < 4.78 is 0. The molecule has 63 valence electrons. The van der Waals surface area contributed by atoms with Crippen LogP contribution in [0, 0.1) is 7.05 Å². The minimum Gasteiger partial charge on any atom is -0.508 e. The summed E-state index contributed by atoms with van der Waals surface area (Å²) in [6.07, 6.45) is 0.295. The second-order valence-electron chi connectivity index (χ2n) is 2.44. The van der Waals surface area contributed by atoms with E-state index in [4.69, 9.17) is 5.11 Å². The highest BCUT2D eigenvalue weighted by Gasteiger charge is 1.99. The van der Waals surface area contributed by atoms with E-state index in [1.54, 1.807) is 24.3 Å². The lowest BCUT2D eigenvalue weighted by Gasteiger charge is -1.99. The highest BCUT2D eigenvalue weighted by molar-refractivity contribution is 5.78. The van der Waals surface area contributed by atoms with Crippen molar-refractivity contribution >= 4 is 5.91 Å². The first-order valence-corrected chi connectivity index (χ1v) is 3.56. The van der Waals surface area contributed by atoms with Gasteiger partial charge in [0.25, 0.3) is 0 Å². The van der Waals surface area contributed by atoms with Crippen LogP contribution in [0.2, 0.25) is 0 Å². The Hall–Kier alpha value is -1.51. The molecule has 0 aromatic heterocycles. The first-order chi connectivity index (χ1) is 5.72. The minimum absolute atomic E-state index is 0.138. The largest absolute Gasteiger partial charge is 0.508 e. The SMILES string of the molecule is [CH2]NC(=O)Cc1ccc(O)cc1. The smallest absolute Gasteiger partial charge is 0.224 e. The molecule has 3 heteroatoms. The summed E-state index contributed by atoms with van der Waals surface area (Å²) in [5.74, 6) is 0.0643. The lowest BCUT2D eigenvalue weighted by molar-refractivity contribution is -0.119. The number of carbonyl (C=O) groups is 1. The zero-order valence-electron chi connectivity index (χ0n) is 6.58. The zero-order chi connectivity index (χ0) is 8.97. The molecule has 0 saturated heterocycles. The Bertz CT molecular complexity index is 266. The van der Waals surface area contributed by atoms with Gasteiger partial charge in [0.05, 0.1) is 6.42 Å². The molecule has 1 amide bonds. The lowest BCUT2D eigenvalue weighted by atomic mass is 10.1. The molecule has 0 aliphatic heterocycles. The number of hydrogen-bond acceptors (Lipinski definition) is 2. The Balaban J connectivity index is 2.64. The number of carbonyl (C=O) groups excluding carboxylic acids is 1. The fourth-order valence-electron chi connectivity index (χ4n) is 0.862. The molecule has 0 spiro atoms. The fraction of sp³-hybridized carbons (Fsp3) is 0.111. The van der Waals surface area contributed by atoms with E-state index < -0.39 is 0 Å². The van der Waals surface area contributed by atoms with Crippen LogP contribution in [0.5, 0.6) is 5.75 Å². The Morgan fingerprint density at radius 1 is 1.42 bits per heavy atom. The molecule has 0 atom stereocenters. The molecular weight excluding hydrogens is 154 g/mol. The third-order valence-corrected chi connectivity index (χ3v) is 1.50. The van der Waals surface area contributed by atoms with Gasteiger partial charge in [0.2, 0.25) is 5.91 Å². The molecule has 3 nitrogen and oxygen atoms in total. The number of rotatable bonds is 2. The molecule has 1 aromatic carbocycles. The van der Waals surface area contributed by atoms with Gasteiger partial charge in [-0.05, 0) is 17.7 Å². The Morgan fingerprint density at radius 3 is 2.50 bits per heavy atom. The maximum absolute atomic E-state index is 10.8. The van der Waals surface area contributed by atoms with Crippen LogP contribution in [0.1, 0.15) is 5.56 Å². The Labute approximate surface area is 71.0 Å². The lowest BCUT2D eigenvalue weighted by Crippen LogP contribution is -2.17. The minimum atomic E-state index is -0.138. The van der Waals surface area contributed by atoms with Crippen molar-refractivity contribution in [1.82, 2.24) is 5.32 Å². The first-order valence-electron chi connectivity index (χ1n) is 3.56. The van der Waals surface area contributed by atoms with Crippen LogP contribution < -0.4 is 5.32 Å². The first kappa shape index (κ1) is 8.59. The van der Waals surface area contributed by atoms with E-state index in [0.717, 1.165) is 5.56 Å². The van der Waals surface area contributed by atoms with Crippen molar-refractivity contribution in [3.05, 3.63) is 36.9 Å². The normalized spacial score (nSPS) is 9.42. The molecule has 1 radical (unpaired) electrons. The van der Waals surface area contributed by atoms with Gasteiger partial charge in [-0.3, -0.25) is 4.79 Å². The number of amides is 1. The monoisotopic (exact) mass is 164 g/mol. The van der Waals surface area contributed by atoms with Crippen LogP contribution in [0.4, 0.5) is 0 Å². The van der Waals surface area contributed by atoms with E-state index >= 15 is 0 Å². The van der Waals surface area contributed by atoms with Gasteiger partial charge < -0.3 is 10.4 Å². The average molecular weight is 164 g/mol. The zero-order valence-corrected chi connectivity index (χ0v) is 6.58. The van der Waals surface area contributed by atoms with Gasteiger partial charge in [-0.1, -0.05) is 12.1 Å². The summed E-state index contributed by atoms with van der Waals surface area (Å²) in [6.45, 7) is 0. The molecule has 0 saturated carbocycles. The van der Waals surface area contributed by atoms with Gasteiger partial charge in [0.15, 0.2) is 0 Å². The quantitative estimate of drug-likeness (QED) is 0.680. The maximum Gasteiger partial charge on any atom is 0.224 e. The molecule has 12 heavy (non-hydrogen) atoms. The highest BCUT2D eigenvalue weighted by atomic mass is 16.3. The topological polar surface area (TPSA) is 49.3 Å². The van der Waals surface area contributed by atoms with Crippen LogP contribution in [-0.2, 0) is 11.2 Å². The summed E-state index contributed by atoms with van der Waals surface area (Å²) in [5.41, 5.74) is 0.856.